The van der Waals surface area contributed by atoms with Gasteiger partial charge in [-0.25, -0.2) is 0 Å². The van der Waals surface area contributed by atoms with Crippen LogP contribution in [0.25, 0.3) is 0 Å². The molecule has 0 aliphatic heterocycles. The zero-order chi connectivity index (χ0) is 9.73. The van der Waals surface area contributed by atoms with Crippen molar-refractivity contribution in [3.63, 3.8) is 0 Å². The number of nitrogens with one attached hydrogen (secondary N) is 1. The molecule has 0 unspecified atom stereocenters. The Labute approximate surface area is 79.1 Å². The highest BCUT2D eigenvalue weighted by Crippen LogP contribution is 2.48. The Morgan fingerprint density at radius 2 is 2.31 bits per heavy atom. The normalized spacial score (nSPS) is 17.5. The maximum absolute atomic E-state index is 11.0. The van der Waals surface area contributed by atoms with Crippen molar-refractivity contribution in [2.75, 3.05) is 6.54 Å². The lowest BCUT2D eigenvalue weighted by Gasteiger charge is -2.13. The van der Waals surface area contributed by atoms with Gasteiger partial charge in [0.15, 0.2) is 0 Å². The highest BCUT2D eigenvalue weighted by atomic mass is 16.1. The lowest BCUT2D eigenvalue weighted by molar-refractivity contribution is -0.120. The van der Waals surface area contributed by atoms with Gasteiger partial charge in [-0.05, 0) is 24.7 Å². The molecule has 1 amide bonds. The molecule has 1 saturated carbocycles. The molecular formula is C10H16N2O. The third-order valence-corrected chi connectivity index (χ3v) is 2.64. The second kappa shape index (κ2) is 4.27. The molecule has 3 heteroatoms. The summed E-state index contributed by atoms with van der Waals surface area (Å²) in [5.74, 6) is -0.134. The van der Waals surface area contributed by atoms with E-state index in [2.05, 4.69) is 12.2 Å². The Balaban J connectivity index is 2.19. The summed E-state index contributed by atoms with van der Waals surface area (Å²) < 4.78 is 0. The van der Waals surface area contributed by atoms with E-state index in [1.807, 2.05) is 6.07 Å². The molecule has 0 aromatic carbocycles. The number of nitriles is 1. The number of nitrogens with zero attached hydrogens (tertiary/aromatic N) is 1. The lowest BCUT2D eigenvalue weighted by Crippen LogP contribution is -2.29. The van der Waals surface area contributed by atoms with E-state index in [0.29, 0.717) is 5.41 Å². The average Bonchev–Trinajstić information content (AvgIpc) is 2.84. The van der Waals surface area contributed by atoms with Gasteiger partial charge in [-0.3, -0.25) is 4.79 Å². The first-order chi connectivity index (χ1) is 6.22. The van der Waals surface area contributed by atoms with Crippen molar-refractivity contribution in [1.29, 1.82) is 5.26 Å². The molecule has 1 N–H and O–H groups in total. The molecular weight excluding hydrogens is 164 g/mol. The average molecular weight is 180 g/mol. The lowest BCUT2D eigenvalue weighted by atomic mass is 10.0. The van der Waals surface area contributed by atoms with Gasteiger partial charge in [-0.2, -0.15) is 5.26 Å². The minimum Gasteiger partial charge on any atom is -0.355 e. The molecule has 1 aliphatic carbocycles. The van der Waals surface area contributed by atoms with Crippen LogP contribution in [0.5, 0.6) is 0 Å². The van der Waals surface area contributed by atoms with Crippen molar-refractivity contribution < 1.29 is 4.79 Å². The third-order valence-electron chi connectivity index (χ3n) is 2.64. The molecule has 1 aliphatic rings. The molecule has 72 valence electrons. The zero-order valence-corrected chi connectivity index (χ0v) is 8.10. The fourth-order valence-electron chi connectivity index (χ4n) is 1.64. The van der Waals surface area contributed by atoms with Gasteiger partial charge in [0.2, 0.25) is 5.91 Å². The fourth-order valence-corrected chi connectivity index (χ4v) is 1.64. The van der Waals surface area contributed by atoms with Crippen LogP contribution in [0.1, 0.15) is 39.0 Å². The van der Waals surface area contributed by atoms with E-state index >= 15 is 0 Å². The maximum atomic E-state index is 11.0. The number of hydrogen-bond donors (Lipinski definition) is 1. The first kappa shape index (κ1) is 10.0. The van der Waals surface area contributed by atoms with Crippen LogP contribution in [-0.2, 0) is 4.79 Å². The van der Waals surface area contributed by atoms with E-state index in [-0.39, 0.29) is 12.3 Å². The molecule has 0 heterocycles. The van der Waals surface area contributed by atoms with Crippen LogP contribution in [-0.4, -0.2) is 12.5 Å². The number of hydrogen-bond acceptors (Lipinski definition) is 2. The standard InChI is InChI=1S/C10H16N2O/c1-2-4-10(5-6-10)8-12-9(13)3-7-11/h2-6,8H2,1H3,(H,12,13). The zero-order valence-electron chi connectivity index (χ0n) is 8.10. The molecule has 0 aromatic heterocycles. The van der Waals surface area contributed by atoms with Crippen LogP contribution < -0.4 is 5.32 Å². The molecule has 0 bridgehead atoms. The minimum absolute atomic E-state index is 0.0117. The minimum atomic E-state index is -0.134. The van der Waals surface area contributed by atoms with E-state index in [9.17, 15) is 4.79 Å². The summed E-state index contributed by atoms with van der Waals surface area (Å²) in [5.41, 5.74) is 0.389. The summed E-state index contributed by atoms with van der Waals surface area (Å²) in [4.78, 5) is 11.0. The Hall–Kier alpha value is -1.04. The van der Waals surface area contributed by atoms with Gasteiger partial charge < -0.3 is 5.32 Å². The monoisotopic (exact) mass is 180 g/mol. The van der Waals surface area contributed by atoms with Gasteiger partial charge in [-0.15, -0.1) is 0 Å². The van der Waals surface area contributed by atoms with Crippen molar-refractivity contribution in [1.82, 2.24) is 5.32 Å². The maximum Gasteiger partial charge on any atom is 0.234 e. The van der Waals surface area contributed by atoms with Gasteiger partial charge in [0.05, 0.1) is 6.07 Å². The molecule has 0 spiro atoms. The van der Waals surface area contributed by atoms with Crippen LogP contribution in [0.4, 0.5) is 0 Å². The summed E-state index contributed by atoms with van der Waals surface area (Å²) in [5, 5.41) is 11.1. The third kappa shape index (κ3) is 3.06. The van der Waals surface area contributed by atoms with Crippen molar-refractivity contribution in [3.05, 3.63) is 0 Å². The summed E-state index contributed by atoms with van der Waals surface area (Å²) in [6.45, 7) is 2.93. The number of rotatable bonds is 5. The fraction of sp³-hybridized carbons (Fsp3) is 0.800. The molecule has 1 rings (SSSR count). The number of carbonyl (C=O) groups is 1. The second-order valence-electron chi connectivity index (χ2n) is 3.86. The SMILES string of the molecule is CCCC1(CNC(=O)CC#N)CC1. The Morgan fingerprint density at radius 1 is 1.62 bits per heavy atom. The molecule has 1 fully saturated rings. The smallest absolute Gasteiger partial charge is 0.234 e. The molecule has 13 heavy (non-hydrogen) atoms. The largest absolute Gasteiger partial charge is 0.355 e. The van der Waals surface area contributed by atoms with Gasteiger partial charge in [0.1, 0.15) is 6.42 Å². The van der Waals surface area contributed by atoms with E-state index in [4.69, 9.17) is 5.26 Å². The van der Waals surface area contributed by atoms with Gasteiger partial charge in [-0.1, -0.05) is 13.3 Å². The topological polar surface area (TPSA) is 52.9 Å². The summed E-state index contributed by atoms with van der Waals surface area (Å²) >= 11 is 0. The van der Waals surface area contributed by atoms with E-state index < -0.39 is 0 Å². The molecule has 0 aromatic rings. The Kier molecular flexibility index (Phi) is 3.30. The van der Waals surface area contributed by atoms with Gasteiger partial charge in [0, 0.05) is 6.54 Å². The molecule has 0 atom stereocenters. The van der Waals surface area contributed by atoms with Crippen molar-refractivity contribution in [3.8, 4) is 6.07 Å². The quantitative estimate of drug-likeness (QED) is 0.698. The summed E-state index contributed by atoms with van der Waals surface area (Å²) in [7, 11) is 0. The predicted molar refractivity (Wildman–Crippen MR) is 49.8 cm³/mol. The summed E-state index contributed by atoms with van der Waals surface area (Å²) in [6, 6.07) is 1.84. The number of amides is 1. The first-order valence-electron chi connectivity index (χ1n) is 4.86. The Bertz CT molecular complexity index is 226. The first-order valence-corrected chi connectivity index (χ1v) is 4.86. The highest BCUT2D eigenvalue weighted by molar-refractivity contribution is 5.78. The van der Waals surface area contributed by atoms with Crippen molar-refractivity contribution >= 4 is 5.91 Å². The van der Waals surface area contributed by atoms with Crippen molar-refractivity contribution in [2.24, 2.45) is 5.41 Å². The van der Waals surface area contributed by atoms with E-state index in [1.165, 1.54) is 25.7 Å². The highest BCUT2D eigenvalue weighted by Gasteiger charge is 2.41. The van der Waals surface area contributed by atoms with E-state index in [1.54, 1.807) is 0 Å². The van der Waals surface area contributed by atoms with Crippen LogP contribution in [0, 0.1) is 16.7 Å². The number of carbonyl (C=O) groups excluding carboxylic acids is 1. The van der Waals surface area contributed by atoms with Crippen LogP contribution in [0.2, 0.25) is 0 Å². The van der Waals surface area contributed by atoms with Gasteiger partial charge >= 0.3 is 0 Å². The van der Waals surface area contributed by atoms with Gasteiger partial charge in [0.25, 0.3) is 0 Å². The van der Waals surface area contributed by atoms with Crippen LogP contribution in [0.15, 0.2) is 0 Å². The van der Waals surface area contributed by atoms with Crippen LogP contribution >= 0.6 is 0 Å². The van der Waals surface area contributed by atoms with Crippen LogP contribution in [0.3, 0.4) is 0 Å². The van der Waals surface area contributed by atoms with E-state index in [0.717, 1.165) is 6.54 Å². The second-order valence-corrected chi connectivity index (χ2v) is 3.86. The molecule has 3 nitrogen and oxygen atoms in total. The van der Waals surface area contributed by atoms with Crippen molar-refractivity contribution in [2.45, 2.75) is 39.0 Å². The Morgan fingerprint density at radius 3 is 2.77 bits per heavy atom. The summed E-state index contributed by atoms with van der Waals surface area (Å²) in [6.07, 6.45) is 4.82. The predicted octanol–water partition coefficient (Wildman–Crippen LogP) is 1.60. The molecule has 0 saturated heterocycles. The molecule has 0 radical (unpaired) electrons.